The molecule has 0 N–H and O–H groups in total. The van der Waals surface area contributed by atoms with Crippen LogP contribution in [0.2, 0.25) is 0 Å². The Bertz CT molecular complexity index is 542. The molecule has 0 saturated carbocycles. The number of piperidine rings is 1. The van der Waals surface area contributed by atoms with E-state index < -0.39 is 5.79 Å². The van der Waals surface area contributed by atoms with Crippen molar-refractivity contribution >= 4 is 5.91 Å². The highest BCUT2D eigenvalue weighted by Gasteiger charge is 2.42. The lowest BCUT2D eigenvalue weighted by Crippen LogP contribution is -2.49. The van der Waals surface area contributed by atoms with Crippen molar-refractivity contribution in [1.29, 1.82) is 0 Å². The number of carbonyl (C=O) groups excluding carboxylic acids is 1. The summed E-state index contributed by atoms with van der Waals surface area (Å²) >= 11 is 0. The predicted octanol–water partition coefficient (Wildman–Crippen LogP) is 2.93. The van der Waals surface area contributed by atoms with E-state index in [9.17, 15) is 9.18 Å². The molecular formula is C18H24FNO3. The third-order valence-electron chi connectivity index (χ3n) is 4.81. The fraction of sp³-hybridized carbons (Fsp3) is 0.611. The van der Waals surface area contributed by atoms with Crippen LogP contribution in [0.3, 0.4) is 0 Å². The zero-order chi connectivity index (χ0) is 16.4. The Morgan fingerprint density at radius 1 is 1.13 bits per heavy atom. The van der Waals surface area contributed by atoms with E-state index in [2.05, 4.69) is 0 Å². The molecule has 0 bridgehead atoms. The van der Waals surface area contributed by atoms with Gasteiger partial charge >= 0.3 is 0 Å². The highest BCUT2D eigenvalue weighted by atomic mass is 19.1. The molecule has 1 aromatic rings. The molecule has 1 unspecified atom stereocenters. The van der Waals surface area contributed by atoms with Crippen molar-refractivity contribution < 1.29 is 18.7 Å². The quantitative estimate of drug-likeness (QED) is 0.859. The standard InChI is InChI=1S/C18H24FNO3/c1-13(2)16(14-3-5-15(19)6-4-14)17(21)20-9-7-18(8-10-20)22-11-12-23-18/h3-6,13,16H,7-12H2,1-2H3. The van der Waals surface area contributed by atoms with E-state index in [1.807, 2.05) is 18.7 Å². The topological polar surface area (TPSA) is 38.8 Å². The summed E-state index contributed by atoms with van der Waals surface area (Å²) in [5.74, 6) is -0.725. The average Bonchev–Trinajstić information content (AvgIpc) is 2.98. The first kappa shape index (κ1) is 16.4. The zero-order valence-corrected chi connectivity index (χ0v) is 13.8. The smallest absolute Gasteiger partial charge is 0.230 e. The molecule has 0 aromatic heterocycles. The van der Waals surface area contributed by atoms with Crippen LogP contribution in [0.25, 0.3) is 0 Å². The fourth-order valence-corrected chi connectivity index (χ4v) is 3.53. The van der Waals surface area contributed by atoms with Gasteiger partial charge in [0.1, 0.15) is 5.82 Å². The van der Waals surface area contributed by atoms with E-state index in [0.29, 0.717) is 39.1 Å². The highest BCUT2D eigenvalue weighted by Crippen LogP contribution is 2.34. The molecule has 1 atom stereocenters. The normalized spacial score (nSPS) is 21.8. The summed E-state index contributed by atoms with van der Waals surface area (Å²) < 4.78 is 24.6. The molecule has 1 amide bonds. The monoisotopic (exact) mass is 321 g/mol. The van der Waals surface area contributed by atoms with Crippen LogP contribution in [0.5, 0.6) is 0 Å². The number of nitrogens with zero attached hydrogens (tertiary/aromatic N) is 1. The summed E-state index contributed by atoms with van der Waals surface area (Å²) in [5.41, 5.74) is 0.875. The van der Waals surface area contributed by atoms with E-state index in [1.165, 1.54) is 12.1 Å². The number of rotatable bonds is 3. The highest BCUT2D eigenvalue weighted by molar-refractivity contribution is 5.84. The number of likely N-dealkylation sites (tertiary alicyclic amines) is 1. The number of amides is 1. The molecule has 2 aliphatic rings. The molecule has 2 fully saturated rings. The van der Waals surface area contributed by atoms with Crippen LogP contribution in [-0.4, -0.2) is 42.9 Å². The molecule has 1 aromatic carbocycles. The van der Waals surface area contributed by atoms with E-state index in [-0.39, 0.29) is 23.6 Å². The van der Waals surface area contributed by atoms with Crippen molar-refractivity contribution in [2.24, 2.45) is 5.92 Å². The van der Waals surface area contributed by atoms with Crippen LogP contribution in [0.4, 0.5) is 4.39 Å². The SMILES string of the molecule is CC(C)C(C(=O)N1CCC2(CC1)OCCO2)c1ccc(F)cc1. The predicted molar refractivity (Wildman–Crippen MR) is 84.4 cm³/mol. The lowest BCUT2D eigenvalue weighted by molar-refractivity contribution is -0.188. The fourth-order valence-electron chi connectivity index (χ4n) is 3.53. The molecule has 0 aliphatic carbocycles. The van der Waals surface area contributed by atoms with Gasteiger partial charge in [0.25, 0.3) is 0 Å². The Balaban J connectivity index is 1.71. The first-order valence-electron chi connectivity index (χ1n) is 8.33. The lowest BCUT2D eigenvalue weighted by atomic mass is 9.86. The molecule has 2 saturated heterocycles. The minimum atomic E-state index is -0.472. The molecule has 4 nitrogen and oxygen atoms in total. The van der Waals surface area contributed by atoms with Gasteiger partial charge in [0.15, 0.2) is 5.79 Å². The summed E-state index contributed by atoms with van der Waals surface area (Å²) in [6, 6.07) is 6.27. The van der Waals surface area contributed by atoms with Crippen molar-refractivity contribution in [3.8, 4) is 0 Å². The second-order valence-corrected chi connectivity index (χ2v) is 6.71. The molecule has 3 rings (SSSR count). The van der Waals surface area contributed by atoms with Crippen LogP contribution in [0, 0.1) is 11.7 Å². The van der Waals surface area contributed by atoms with Gasteiger partial charge in [0.05, 0.1) is 19.1 Å². The van der Waals surface area contributed by atoms with Gasteiger partial charge in [-0.25, -0.2) is 4.39 Å². The number of halogens is 1. The van der Waals surface area contributed by atoms with Gasteiger partial charge in [-0.1, -0.05) is 26.0 Å². The number of benzene rings is 1. The van der Waals surface area contributed by atoms with E-state index in [0.717, 1.165) is 5.56 Å². The Morgan fingerprint density at radius 3 is 2.22 bits per heavy atom. The maximum Gasteiger partial charge on any atom is 0.230 e. The van der Waals surface area contributed by atoms with Crippen LogP contribution < -0.4 is 0 Å². The molecule has 2 aliphatic heterocycles. The first-order valence-corrected chi connectivity index (χ1v) is 8.33. The number of hydrogen-bond acceptors (Lipinski definition) is 3. The van der Waals surface area contributed by atoms with Gasteiger partial charge < -0.3 is 14.4 Å². The van der Waals surface area contributed by atoms with Gasteiger partial charge in [0, 0.05) is 25.9 Å². The largest absolute Gasteiger partial charge is 0.347 e. The van der Waals surface area contributed by atoms with Crippen LogP contribution in [0.15, 0.2) is 24.3 Å². The first-order chi connectivity index (χ1) is 11.0. The molecule has 23 heavy (non-hydrogen) atoms. The van der Waals surface area contributed by atoms with Gasteiger partial charge in [-0.3, -0.25) is 4.79 Å². The van der Waals surface area contributed by atoms with Crippen molar-refractivity contribution in [1.82, 2.24) is 4.90 Å². The van der Waals surface area contributed by atoms with Crippen molar-refractivity contribution in [2.45, 2.75) is 38.4 Å². The Hall–Kier alpha value is -1.46. The summed E-state index contributed by atoms with van der Waals surface area (Å²) in [4.78, 5) is 14.9. The van der Waals surface area contributed by atoms with E-state index >= 15 is 0 Å². The second-order valence-electron chi connectivity index (χ2n) is 6.71. The van der Waals surface area contributed by atoms with Gasteiger partial charge in [-0.05, 0) is 23.6 Å². The zero-order valence-electron chi connectivity index (χ0n) is 13.8. The van der Waals surface area contributed by atoms with Crippen molar-refractivity contribution in [2.75, 3.05) is 26.3 Å². The molecule has 5 heteroatoms. The maximum atomic E-state index is 13.2. The second kappa shape index (κ2) is 6.57. The summed E-state index contributed by atoms with van der Waals surface area (Å²) in [5, 5.41) is 0. The minimum absolute atomic E-state index is 0.111. The third-order valence-corrected chi connectivity index (χ3v) is 4.81. The lowest BCUT2D eigenvalue weighted by Gasteiger charge is -2.39. The van der Waals surface area contributed by atoms with E-state index in [1.54, 1.807) is 12.1 Å². The van der Waals surface area contributed by atoms with Gasteiger partial charge in [0.2, 0.25) is 5.91 Å². The molecular weight excluding hydrogens is 297 g/mol. The number of hydrogen-bond donors (Lipinski definition) is 0. The van der Waals surface area contributed by atoms with E-state index in [4.69, 9.17) is 9.47 Å². The summed E-state index contributed by atoms with van der Waals surface area (Å²) in [6.07, 6.45) is 1.43. The number of ether oxygens (including phenoxy) is 2. The molecule has 1 spiro atoms. The van der Waals surface area contributed by atoms with Crippen molar-refractivity contribution in [3.63, 3.8) is 0 Å². The minimum Gasteiger partial charge on any atom is -0.347 e. The summed E-state index contributed by atoms with van der Waals surface area (Å²) in [6.45, 7) is 6.61. The number of carbonyl (C=O) groups is 1. The van der Waals surface area contributed by atoms with Gasteiger partial charge in [-0.15, -0.1) is 0 Å². The molecule has 0 radical (unpaired) electrons. The third kappa shape index (κ3) is 3.40. The molecule has 2 heterocycles. The van der Waals surface area contributed by atoms with Gasteiger partial charge in [-0.2, -0.15) is 0 Å². The van der Waals surface area contributed by atoms with Crippen molar-refractivity contribution in [3.05, 3.63) is 35.6 Å². The Morgan fingerprint density at radius 2 is 1.70 bits per heavy atom. The Labute approximate surface area is 136 Å². The summed E-state index contributed by atoms with van der Waals surface area (Å²) in [7, 11) is 0. The maximum absolute atomic E-state index is 13.2. The average molecular weight is 321 g/mol. The van der Waals surface area contributed by atoms with Crippen LogP contribution >= 0.6 is 0 Å². The van der Waals surface area contributed by atoms with Crippen LogP contribution in [-0.2, 0) is 14.3 Å². The Kier molecular flexibility index (Phi) is 4.69. The molecule has 126 valence electrons. The van der Waals surface area contributed by atoms with Crippen LogP contribution in [0.1, 0.15) is 38.2 Å².